The van der Waals surface area contributed by atoms with Crippen molar-refractivity contribution >= 4 is 34.9 Å². The third-order valence-corrected chi connectivity index (χ3v) is 8.03. The van der Waals surface area contributed by atoms with Gasteiger partial charge in [-0.1, -0.05) is 52.0 Å². The van der Waals surface area contributed by atoms with Crippen molar-refractivity contribution in [3.63, 3.8) is 0 Å². The molecular weight excluding hydrogens is 510 g/mol. The van der Waals surface area contributed by atoms with Crippen LogP contribution in [0.25, 0.3) is 6.08 Å². The Morgan fingerprint density at radius 3 is 2.41 bits per heavy atom. The highest BCUT2D eigenvalue weighted by Crippen LogP contribution is 2.38. The molecule has 0 unspecified atom stereocenters. The van der Waals surface area contributed by atoms with E-state index in [1.54, 1.807) is 34.4 Å². The van der Waals surface area contributed by atoms with E-state index in [0.29, 0.717) is 18.7 Å². The molecule has 0 aliphatic carbocycles. The van der Waals surface area contributed by atoms with E-state index < -0.39 is 4.92 Å². The molecule has 0 bridgehead atoms. The van der Waals surface area contributed by atoms with E-state index in [-0.39, 0.29) is 35.5 Å². The van der Waals surface area contributed by atoms with E-state index in [0.717, 1.165) is 24.0 Å². The summed E-state index contributed by atoms with van der Waals surface area (Å²) in [5, 5.41) is 13.0. The highest BCUT2D eigenvalue weighted by Gasteiger charge is 2.34. The lowest BCUT2D eigenvalue weighted by molar-refractivity contribution is -0.384. The van der Waals surface area contributed by atoms with Crippen LogP contribution in [-0.2, 0) is 21.4 Å². The second-order valence-corrected chi connectivity index (χ2v) is 11.9. The minimum atomic E-state index is -0.459. The standard InChI is InChI=1S/C31H35N3O4S/c1-5-18-32(28(35)15-8-22-6-13-25(14-7-22)34(37)38)21-29(36)33-19-16-27-26(17-20-39-27)30(33)23-9-11-24(12-10-23)31(2,3)4/h6-15,17,20,30H,5,16,18-19,21H2,1-4H3/b15-8+/t30-/m0/s1. The van der Waals surface area contributed by atoms with Crippen molar-refractivity contribution in [2.24, 2.45) is 0 Å². The van der Waals surface area contributed by atoms with Crippen LogP contribution in [0.3, 0.4) is 0 Å². The van der Waals surface area contributed by atoms with Gasteiger partial charge in [-0.2, -0.15) is 0 Å². The van der Waals surface area contributed by atoms with Gasteiger partial charge in [-0.15, -0.1) is 11.3 Å². The average Bonchev–Trinajstić information content (AvgIpc) is 3.39. The quantitative estimate of drug-likeness (QED) is 0.187. The molecule has 7 nitrogen and oxygen atoms in total. The maximum Gasteiger partial charge on any atom is 0.269 e. The van der Waals surface area contributed by atoms with Crippen LogP contribution in [0.4, 0.5) is 5.69 Å². The van der Waals surface area contributed by atoms with Crippen LogP contribution in [0, 0.1) is 10.1 Å². The van der Waals surface area contributed by atoms with E-state index in [9.17, 15) is 19.7 Å². The molecule has 8 heteroatoms. The molecule has 0 saturated carbocycles. The maximum absolute atomic E-state index is 13.8. The summed E-state index contributed by atoms with van der Waals surface area (Å²) in [5.74, 6) is -0.342. The number of benzene rings is 2. The van der Waals surface area contributed by atoms with Crippen molar-refractivity contribution in [1.82, 2.24) is 9.80 Å². The Bertz CT molecular complexity index is 1350. The summed E-state index contributed by atoms with van der Waals surface area (Å²) in [7, 11) is 0. The first-order valence-electron chi connectivity index (χ1n) is 13.3. The minimum Gasteiger partial charge on any atom is -0.330 e. The van der Waals surface area contributed by atoms with Gasteiger partial charge < -0.3 is 9.80 Å². The molecule has 0 radical (unpaired) electrons. The van der Waals surface area contributed by atoms with Crippen LogP contribution in [0.5, 0.6) is 0 Å². The van der Waals surface area contributed by atoms with Crippen molar-refractivity contribution in [2.45, 2.75) is 52.0 Å². The van der Waals surface area contributed by atoms with Crippen LogP contribution in [0.15, 0.2) is 66.1 Å². The van der Waals surface area contributed by atoms with Crippen LogP contribution >= 0.6 is 11.3 Å². The smallest absolute Gasteiger partial charge is 0.269 e. The first-order valence-corrected chi connectivity index (χ1v) is 14.1. The topological polar surface area (TPSA) is 83.8 Å². The highest BCUT2D eigenvalue weighted by molar-refractivity contribution is 7.10. The lowest BCUT2D eigenvalue weighted by Crippen LogP contribution is -2.46. The van der Waals surface area contributed by atoms with E-state index in [1.165, 1.54) is 28.6 Å². The number of amides is 2. The van der Waals surface area contributed by atoms with E-state index >= 15 is 0 Å². The summed E-state index contributed by atoms with van der Waals surface area (Å²) in [5.41, 5.74) is 4.18. The number of thiophene rings is 1. The summed E-state index contributed by atoms with van der Waals surface area (Å²) in [6.45, 7) is 9.58. The predicted molar refractivity (Wildman–Crippen MR) is 156 cm³/mol. The Hall–Kier alpha value is -3.78. The zero-order valence-electron chi connectivity index (χ0n) is 22.9. The molecule has 0 saturated heterocycles. The van der Waals surface area contributed by atoms with Crippen LogP contribution < -0.4 is 0 Å². The van der Waals surface area contributed by atoms with Gasteiger partial charge in [0.05, 0.1) is 11.0 Å². The van der Waals surface area contributed by atoms with Gasteiger partial charge in [0.2, 0.25) is 11.8 Å². The maximum atomic E-state index is 13.8. The van der Waals surface area contributed by atoms with Crippen LogP contribution in [-0.4, -0.2) is 46.2 Å². The zero-order chi connectivity index (χ0) is 28.2. The number of non-ortho nitro benzene ring substituents is 1. The minimum absolute atomic E-state index is 0.00501. The SMILES string of the molecule is CCCN(CC(=O)N1CCc2sccc2[C@@H]1c1ccc(C(C)(C)C)cc1)C(=O)/C=C/c1ccc([N+](=O)[O-])cc1. The predicted octanol–water partition coefficient (Wildman–Crippen LogP) is 6.38. The Morgan fingerprint density at radius 2 is 1.79 bits per heavy atom. The number of fused-ring (bicyclic) bond motifs is 1. The molecule has 2 aromatic carbocycles. The van der Waals surface area contributed by atoms with Gasteiger partial charge in [-0.05, 0) is 70.2 Å². The molecule has 1 aromatic heterocycles. The summed E-state index contributed by atoms with van der Waals surface area (Å²) >= 11 is 1.73. The Balaban J connectivity index is 1.54. The van der Waals surface area contributed by atoms with Crippen molar-refractivity contribution < 1.29 is 14.5 Å². The molecular formula is C31H35N3O4S. The zero-order valence-corrected chi connectivity index (χ0v) is 23.7. The van der Waals surface area contributed by atoms with E-state index in [4.69, 9.17) is 0 Å². The van der Waals surface area contributed by atoms with Gasteiger partial charge in [0.25, 0.3) is 5.69 Å². The normalized spacial score (nSPS) is 15.3. The van der Waals surface area contributed by atoms with Crippen molar-refractivity contribution in [3.05, 3.63) is 103 Å². The number of carbonyl (C=O) groups is 2. The Labute approximate surface area is 233 Å². The first kappa shape index (κ1) is 28.2. The Morgan fingerprint density at radius 1 is 1.10 bits per heavy atom. The molecule has 1 aliphatic heterocycles. The summed E-state index contributed by atoms with van der Waals surface area (Å²) in [6, 6.07) is 16.5. The van der Waals surface area contributed by atoms with Gasteiger partial charge in [0.15, 0.2) is 0 Å². The molecule has 0 spiro atoms. The summed E-state index contributed by atoms with van der Waals surface area (Å²) in [6.07, 6.45) is 4.57. The number of nitro benzene ring substituents is 1. The molecule has 39 heavy (non-hydrogen) atoms. The van der Waals surface area contributed by atoms with Crippen LogP contribution in [0.1, 0.15) is 67.3 Å². The second kappa shape index (κ2) is 11.9. The van der Waals surface area contributed by atoms with E-state index in [2.05, 4.69) is 56.5 Å². The average molecular weight is 546 g/mol. The molecule has 1 aliphatic rings. The van der Waals surface area contributed by atoms with Crippen molar-refractivity contribution in [1.29, 1.82) is 0 Å². The first-order chi connectivity index (χ1) is 18.6. The van der Waals surface area contributed by atoms with Gasteiger partial charge >= 0.3 is 0 Å². The van der Waals surface area contributed by atoms with Gasteiger partial charge in [0, 0.05) is 36.2 Å². The van der Waals surface area contributed by atoms with Crippen LogP contribution in [0.2, 0.25) is 0 Å². The lowest BCUT2D eigenvalue weighted by atomic mass is 9.85. The monoisotopic (exact) mass is 545 g/mol. The molecule has 1 atom stereocenters. The number of rotatable bonds is 8. The molecule has 3 aromatic rings. The van der Waals surface area contributed by atoms with Gasteiger partial charge in [-0.25, -0.2) is 0 Å². The van der Waals surface area contributed by atoms with Gasteiger partial charge in [0.1, 0.15) is 6.54 Å². The largest absolute Gasteiger partial charge is 0.330 e. The highest BCUT2D eigenvalue weighted by atomic mass is 32.1. The third-order valence-electron chi connectivity index (χ3n) is 7.03. The second-order valence-electron chi connectivity index (χ2n) is 10.9. The van der Waals surface area contributed by atoms with Crippen molar-refractivity contribution in [2.75, 3.05) is 19.6 Å². The Kier molecular flexibility index (Phi) is 8.65. The number of nitro groups is 1. The fourth-order valence-electron chi connectivity index (χ4n) is 4.88. The molecule has 2 amide bonds. The van der Waals surface area contributed by atoms with Gasteiger partial charge in [-0.3, -0.25) is 19.7 Å². The molecule has 0 fully saturated rings. The third kappa shape index (κ3) is 6.63. The number of carbonyl (C=O) groups excluding carboxylic acids is 2. The number of hydrogen-bond acceptors (Lipinski definition) is 5. The van der Waals surface area contributed by atoms with Crippen molar-refractivity contribution in [3.8, 4) is 0 Å². The lowest BCUT2D eigenvalue weighted by Gasteiger charge is -2.37. The fraction of sp³-hybridized carbons (Fsp3) is 0.355. The molecule has 0 N–H and O–H groups in total. The summed E-state index contributed by atoms with van der Waals surface area (Å²) < 4.78 is 0. The molecule has 2 heterocycles. The summed E-state index contributed by atoms with van der Waals surface area (Å²) in [4.78, 5) is 42.1. The van der Waals surface area contributed by atoms with E-state index in [1.807, 2.05) is 11.8 Å². The number of nitrogens with zero attached hydrogens (tertiary/aromatic N) is 3. The molecule has 204 valence electrons. The molecule has 4 rings (SSSR count). The number of hydrogen-bond donors (Lipinski definition) is 0. The fourth-order valence-corrected chi connectivity index (χ4v) is 5.79.